The van der Waals surface area contributed by atoms with E-state index in [1.807, 2.05) is 18.2 Å². The van der Waals surface area contributed by atoms with E-state index in [9.17, 15) is 0 Å². The highest BCUT2D eigenvalue weighted by molar-refractivity contribution is 5.98. The molecule has 8 aromatic rings. The first kappa shape index (κ1) is 24.2. The van der Waals surface area contributed by atoms with Crippen LogP contribution in [0.15, 0.2) is 168 Å². The van der Waals surface area contributed by atoms with Gasteiger partial charge in [0.05, 0.1) is 5.69 Å². The van der Waals surface area contributed by atoms with Crippen LogP contribution in [0.1, 0.15) is 0 Å². The molecule has 0 unspecified atom stereocenters. The summed E-state index contributed by atoms with van der Waals surface area (Å²) in [4.78, 5) is 2.34. The molecule has 0 N–H and O–H groups in total. The topological polar surface area (TPSA) is 16.4 Å². The van der Waals surface area contributed by atoms with Gasteiger partial charge in [0, 0.05) is 22.3 Å². The van der Waals surface area contributed by atoms with Gasteiger partial charge in [-0.2, -0.15) is 0 Å². The van der Waals surface area contributed by atoms with E-state index in [0.29, 0.717) is 0 Å². The summed E-state index contributed by atoms with van der Waals surface area (Å²) in [5, 5.41) is 6.02. The molecule has 2 heteroatoms. The molecule has 0 radical (unpaired) electrons. The maximum Gasteiger partial charge on any atom is 0.137 e. The van der Waals surface area contributed by atoms with Crippen molar-refractivity contribution in [3.8, 4) is 22.5 Å². The number of rotatable bonds is 5. The lowest BCUT2D eigenvalue weighted by atomic mass is 9.98. The fourth-order valence-corrected chi connectivity index (χ4v) is 6.00. The summed E-state index contributed by atoms with van der Waals surface area (Å²) in [5.41, 5.74) is 7.59. The minimum Gasteiger partial charge on any atom is -0.456 e. The van der Waals surface area contributed by atoms with E-state index in [1.165, 1.54) is 32.7 Å². The van der Waals surface area contributed by atoms with Gasteiger partial charge in [0.2, 0.25) is 0 Å². The first-order valence-corrected chi connectivity index (χ1v) is 14.3. The van der Waals surface area contributed by atoms with E-state index in [2.05, 4.69) is 150 Å². The number of fused-ring (bicyclic) bond motifs is 3. The van der Waals surface area contributed by atoms with Gasteiger partial charge < -0.3 is 9.32 Å². The predicted octanol–water partition coefficient (Wildman–Crippen LogP) is 11.5. The number of furan rings is 1. The summed E-state index contributed by atoms with van der Waals surface area (Å²) in [6, 6.07) is 58.0. The summed E-state index contributed by atoms with van der Waals surface area (Å²) in [7, 11) is 0. The zero-order valence-electron chi connectivity index (χ0n) is 22.9. The summed E-state index contributed by atoms with van der Waals surface area (Å²) < 4.78 is 6.38. The normalized spacial score (nSPS) is 11.3. The number of para-hydroxylation sites is 2. The molecule has 198 valence electrons. The molecule has 0 bridgehead atoms. The summed E-state index contributed by atoms with van der Waals surface area (Å²) >= 11 is 0. The Bertz CT molecular complexity index is 2170. The van der Waals surface area contributed by atoms with E-state index < -0.39 is 0 Å². The Morgan fingerprint density at radius 2 is 1.05 bits per heavy atom. The van der Waals surface area contributed by atoms with Crippen LogP contribution < -0.4 is 4.90 Å². The van der Waals surface area contributed by atoms with Gasteiger partial charge in [-0.05, 0) is 81.2 Å². The molecule has 0 aliphatic heterocycles. The highest BCUT2D eigenvalue weighted by Crippen LogP contribution is 2.43. The lowest BCUT2D eigenvalue weighted by Crippen LogP contribution is -2.11. The van der Waals surface area contributed by atoms with Gasteiger partial charge >= 0.3 is 0 Å². The minimum absolute atomic E-state index is 0.852. The van der Waals surface area contributed by atoms with Crippen molar-refractivity contribution in [2.75, 3.05) is 4.90 Å². The summed E-state index contributed by atoms with van der Waals surface area (Å²) in [6.45, 7) is 0. The SMILES string of the molecule is c1ccc(N(c2ccc(-c3cccc4ccccc34)cc2)c2ccc3ccccc3c2)c(-c2cc3ccccc3o2)c1. The lowest BCUT2D eigenvalue weighted by Gasteiger charge is -2.28. The molecule has 0 atom stereocenters. The Hall–Kier alpha value is -5.60. The molecule has 0 amide bonds. The van der Waals surface area contributed by atoms with E-state index >= 15 is 0 Å². The molecule has 8 rings (SSSR count). The molecule has 0 spiro atoms. The van der Waals surface area contributed by atoms with Crippen molar-refractivity contribution >= 4 is 49.6 Å². The molecule has 2 nitrogen and oxygen atoms in total. The lowest BCUT2D eigenvalue weighted by molar-refractivity contribution is 0.631. The Morgan fingerprint density at radius 3 is 1.90 bits per heavy atom. The van der Waals surface area contributed by atoms with Crippen LogP contribution in [0.5, 0.6) is 0 Å². The highest BCUT2D eigenvalue weighted by atomic mass is 16.3. The maximum atomic E-state index is 6.38. The zero-order chi connectivity index (χ0) is 27.9. The third-order valence-corrected chi connectivity index (χ3v) is 8.05. The molecule has 0 saturated heterocycles. The van der Waals surface area contributed by atoms with E-state index in [4.69, 9.17) is 4.42 Å². The van der Waals surface area contributed by atoms with E-state index in [1.54, 1.807) is 0 Å². The van der Waals surface area contributed by atoms with E-state index in [0.717, 1.165) is 39.4 Å². The maximum absolute atomic E-state index is 6.38. The molecule has 0 saturated carbocycles. The number of anilines is 3. The average molecular weight is 538 g/mol. The Balaban J connectivity index is 1.30. The van der Waals surface area contributed by atoms with Gasteiger partial charge in [-0.1, -0.05) is 115 Å². The van der Waals surface area contributed by atoms with Gasteiger partial charge in [0.25, 0.3) is 0 Å². The monoisotopic (exact) mass is 537 g/mol. The van der Waals surface area contributed by atoms with Crippen LogP contribution in [0.25, 0.3) is 55.0 Å². The van der Waals surface area contributed by atoms with Gasteiger partial charge in [-0.3, -0.25) is 0 Å². The van der Waals surface area contributed by atoms with Gasteiger partial charge in [0.15, 0.2) is 0 Å². The smallest absolute Gasteiger partial charge is 0.137 e. The molecular weight excluding hydrogens is 510 g/mol. The first-order valence-electron chi connectivity index (χ1n) is 14.3. The summed E-state index contributed by atoms with van der Waals surface area (Å²) in [5.74, 6) is 0.852. The number of hydrogen-bond donors (Lipinski definition) is 0. The Labute approximate surface area is 244 Å². The molecule has 7 aromatic carbocycles. The average Bonchev–Trinajstić information content (AvgIpc) is 3.50. The predicted molar refractivity (Wildman–Crippen MR) is 177 cm³/mol. The third-order valence-electron chi connectivity index (χ3n) is 8.05. The first-order chi connectivity index (χ1) is 20.8. The number of benzene rings is 7. The van der Waals surface area contributed by atoms with Crippen LogP contribution in [0, 0.1) is 0 Å². The van der Waals surface area contributed by atoms with Crippen LogP contribution in [0.4, 0.5) is 17.1 Å². The fourth-order valence-electron chi connectivity index (χ4n) is 6.00. The third kappa shape index (κ3) is 4.22. The van der Waals surface area contributed by atoms with Gasteiger partial charge in [-0.15, -0.1) is 0 Å². The second-order valence-corrected chi connectivity index (χ2v) is 10.6. The molecule has 0 aliphatic rings. The molecule has 42 heavy (non-hydrogen) atoms. The number of nitrogens with zero attached hydrogens (tertiary/aromatic N) is 1. The zero-order valence-corrected chi connectivity index (χ0v) is 22.9. The van der Waals surface area contributed by atoms with Crippen LogP contribution in [-0.4, -0.2) is 0 Å². The second kappa shape index (κ2) is 10.1. The standard InChI is InChI=1S/C40H27NO/c1-2-12-31-26-34(25-20-28(31)10-1)41(38-18-7-6-16-37(38)40-27-32-13-4-8-19-39(32)42-40)33-23-21-30(22-24-33)36-17-9-14-29-11-3-5-15-35(29)36/h1-27H. The van der Waals surface area contributed by atoms with Crippen LogP contribution >= 0.6 is 0 Å². The fraction of sp³-hybridized carbons (Fsp3) is 0. The molecule has 0 fully saturated rings. The largest absolute Gasteiger partial charge is 0.456 e. The van der Waals surface area contributed by atoms with Crippen LogP contribution in [-0.2, 0) is 0 Å². The van der Waals surface area contributed by atoms with Crippen molar-refractivity contribution in [1.82, 2.24) is 0 Å². The van der Waals surface area contributed by atoms with Gasteiger partial charge in [0.1, 0.15) is 11.3 Å². The van der Waals surface area contributed by atoms with Gasteiger partial charge in [-0.25, -0.2) is 0 Å². The van der Waals surface area contributed by atoms with Crippen molar-refractivity contribution < 1.29 is 4.42 Å². The molecule has 1 aromatic heterocycles. The minimum atomic E-state index is 0.852. The van der Waals surface area contributed by atoms with Crippen molar-refractivity contribution in [1.29, 1.82) is 0 Å². The van der Waals surface area contributed by atoms with Crippen LogP contribution in [0.3, 0.4) is 0 Å². The number of hydrogen-bond acceptors (Lipinski definition) is 2. The van der Waals surface area contributed by atoms with Crippen molar-refractivity contribution in [2.24, 2.45) is 0 Å². The highest BCUT2D eigenvalue weighted by Gasteiger charge is 2.19. The van der Waals surface area contributed by atoms with Crippen molar-refractivity contribution in [3.63, 3.8) is 0 Å². The van der Waals surface area contributed by atoms with Crippen molar-refractivity contribution in [2.45, 2.75) is 0 Å². The molecular formula is C40H27NO. The Morgan fingerprint density at radius 1 is 0.405 bits per heavy atom. The van der Waals surface area contributed by atoms with Crippen LogP contribution in [0.2, 0.25) is 0 Å². The van der Waals surface area contributed by atoms with E-state index in [-0.39, 0.29) is 0 Å². The molecule has 0 aliphatic carbocycles. The molecule has 1 heterocycles. The summed E-state index contributed by atoms with van der Waals surface area (Å²) in [6.07, 6.45) is 0. The quantitative estimate of drug-likeness (QED) is 0.217. The van der Waals surface area contributed by atoms with Crippen molar-refractivity contribution in [3.05, 3.63) is 164 Å². The Kier molecular flexibility index (Phi) is 5.82. The second-order valence-electron chi connectivity index (χ2n) is 10.6.